The molecule has 9 nitrogen and oxygen atoms in total. The van der Waals surface area contributed by atoms with Gasteiger partial charge in [0.2, 0.25) is 11.8 Å². The molecule has 3 aromatic rings. The number of hydrogen-bond acceptors (Lipinski definition) is 7. The Balaban J connectivity index is 1.77. The molecule has 1 N–H and O–H groups in total. The number of ether oxygens (including phenoxy) is 1. The molecule has 27 heavy (non-hydrogen) atoms. The molecule has 3 rings (SSSR count). The van der Waals surface area contributed by atoms with Gasteiger partial charge in [-0.1, -0.05) is 28.9 Å². The van der Waals surface area contributed by atoms with Crippen molar-refractivity contribution in [3.05, 3.63) is 73.5 Å². The van der Waals surface area contributed by atoms with E-state index in [1.807, 2.05) is 0 Å². The predicted molar refractivity (Wildman–Crippen MR) is 96.0 cm³/mol. The Hall–Kier alpha value is -2.91. The molecule has 1 atom stereocenters. The highest BCUT2D eigenvalue weighted by Crippen LogP contribution is 2.19. The smallest absolute Gasteiger partial charge is 0.334 e. The van der Waals surface area contributed by atoms with Gasteiger partial charge < -0.3 is 14.4 Å². The van der Waals surface area contributed by atoms with Gasteiger partial charge in [0, 0.05) is 18.5 Å². The van der Waals surface area contributed by atoms with E-state index in [-0.39, 0.29) is 30.6 Å². The Morgan fingerprint density at radius 1 is 1.30 bits per heavy atom. The summed E-state index contributed by atoms with van der Waals surface area (Å²) in [7, 11) is 2.85. The second kappa shape index (κ2) is 7.77. The van der Waals surface area contributed by atoms with E-state index in [9.17, 15) is 14.7 Å². The Morgan fingerprint density at radius 2 is 2.00 bits per heavy atom. The highest BCUT2D eigenvalue weighted by Gasteiger charge is 2.16. The van der Waals surface area contributed by atoms with Crippen LogP contribution in [0.5, 0.6) is 5.88 Å². The molecule has 0 aliphatic heterocycles. The quantitative estimate of drug-likeness (QED) is 0.663. The maximum atomic E-state index is 12.3. The topological polar surface area (TPSA) is 112 Å². The molecular weight excluding hydrogens is 376 g/mol. The zero-order valence-electron chi connectivity index (χ0n) is 14.6. The van der Waals surface area contributed by atoms with Crippen molar-refractivity contribution in [2.24, 2.45) is 7.05 Å². The highest BCUT2D eigenvalue weighted by molar-refractivity contribution is 6.30. The summed E-state index contributed by atoms with van der Waals surface area (Å²) in [6, 6.07) is 7.95. The Morgan fingerprint density at radius 3 is 2.67 bits per heavy atom. The van der Waals surface area contributed by atoms with Crippen LogP contribution in [0.25, 0.3) is 0 Å². The number of hydrogen-bond donors (Lipinski definition) is 1. The van der Waals surface area contributed by atoms with Gasteiger partial charge >= 0.3 is 5.69 Å². The average molecular weight is 393 g/mol. The van der Waals surface area contributed by atoms with Crippen LogP contribution in [-0.4, -0.2) is 31.5 Å². The van der Waals surface area contributed by atoms with E-state index in [0.29, 0.717) is 10.6 Å². The molecule has 0 saturated heterocycles. The lowest BCUT2D eigenvalue weighted by molar-refractivity contribution is 0.174. The summed E-state index contributed by atoms with van der Waals surface area (Å²) >= 11 is 5.83. The minimum Gasteiger partial charge on any atom is -0.482 e. The van der Waals surface area contributed by atoms with Crippen molar-refractivity contribution >= 4 is 11.6 Å². The summed E-state index contributed by atoms with van der Waals surface area (Å²) < 4.78 is 12.2. The highest BCUT2D eigenvalue weighted by atomic mass is 35.5. The fourth-order valence-electron chi connectivity index (χ4n) is 2.54. The van der Waals surface area contributed by atoms with E-state index >= 15 is 0 Å². The first-order valence-corrected chi connectivity index (χ1v) is 8.36. The van der Waals surface area contributed by atoms with Gasteiger partial charge in [-0.2, -0.15) is 4.98 Å². The van der Waals surface area contributed by atoms with Crippen molar-refractivity contribution < 1.29 is 14.4 Å². The van der Waals surface area contributed by atoms with Gasteiger partial charge in [-0.05, 0) is 17.7 Å². The fourth-order valence-corrected chi connectivity index (χ4v) is 2.67. The maximum Gasteiger partial charge on any atom is 0.334 e. The zero-order valence-corrected chi connectivity index (χ0v) is 15.4. The Bertz CT molecular complexity index is 1050. The maximum absolute atomic E-state index is 12.3. The number of methoxy groups -OCH3 is 1. The zero-order chi connectivity index (χ0) is 19.6. The molecule has 2 heterocycles. The van der Waals surface area contributed by atoms with Gasteiger partial charge in [0.15, 0.2) is 5.82 Å². The van der Waals surface area contributed by atoms with E-state index in [0.717, 1.165) is 4.57 Å². The summed E-state index contributed by atoms with van der Waals surface area (Å²) in [4.78, 5) is 28.5. The summed E-state index contributed by atoms with van der Waals surface area (Å²) in [6.45, 7) is -0.181. The third-order valence-electron chi connectivity index (χ3n) is 4.00. The van der Waals surface area contributed by atoms with Gasteiger partial charge in [-0.3, -0.25) is 13.9 Å². The third-order valence-corrected chi connectivity index (χ3v) is 4.26. The molecule has 10 heteroatoms. The number of aromatic nitrogens is 4. The molecule has 0 aliphatic carbocycles. The van der Waals surface area contributed by atoms with Crippen LogP contribution >= 0.6 is 11.6 Å². The van der Waals surface area contributed by atoms with E-state index in [2.05, 4.69) is 10.1 Å². The first-order valence-electron chi connectivity index (χ1n) is 7.99. The van der Waals surface area contributed by atoms with Crippen LogP contribution in [-0.2, 0) is 20.0 Å². The van der Waals surface area contributed by atoms with Crippen molar-refractivity contribution in [3.8, 4) is 5.88 Å². The molecule has 0 saturated carbocycles. The molecule has 0 amide bonds. The van der Waals surface area contributed by atoms with Gasteiger partial charge in [-0.25, -0.2) is 4.79 Å². The summed E-state index contributed by atoms with van der Waals surface area (Å²) in [6.07, 6.45) is -0.731. The number of rotatable bonds is 6. The van der Waals surface area contributed by atoms with Gasteiger partial charge in [0.05, 0.1) is 19.3 Å². The van der Waals surface area contributed by atoms with Crippen LogP contribution in [0.3, 0.4) is 0 Å². The number of benzene rings is 1. The number of aliphatic hydroxyl groups is 1. The summed E-state index contributed by atoms with van der Waals surface area (Å²) in [5.41, 5.74) is -0.456. The van der Waals surface area contributed by atoms with Crippen molar-refractivity contribution in [1.29, 1.82) is 0 Å². The van der Waals surface area contributed by atoms with Crippen LogP contribution in [0, 0.1) is 0 Å². The lowest BCUT2D eigenvalue weighted by atomic mass is 10.1. The minimum atomic E-state index is -0.843. The molecule has 0 unspecified atom stereocenters. The average Bonchev–Trinajstić information content (AvgIpc) is 3.09. The molecular formula is C17H17ClN4O5. The number of halogens is 1. The lowest BCUT2D eigenvalue weighted by Crippen LogP contribution is -2.39. The third kappa shape index (κ3) is 4.09. The molecule has 0 radical (unpaired) electrons. The number of nitrogens with zero attached hydrogens (tertiary/aromatic N) is 4. The first-order chi connectivity index (χ1) is 12.9. The number of aliphatic hydroxyl groups excluding tert-OH is 1. The summed E-state index contributed by atoms with van der Waals surface area (Å²) in [5.74, 6) is 0.488. The second-order valence-corrected chi connectivity index (χ2v) is 6.26. The van der Waals surface area contributed by atoms with Crippen LogP contribution < -0.4 is 16.0 Å². The Labute approximate surface area is 158 Å². The molecule has 2 aromatic heterocycles. The Kier molecular flexibility index (Phi) is 5.43. The van der Waals surface area contributed by atoms with Crippen molar-refractivity contribution in [3.63, 3.8) is 0 Å². The minimum absolute atomic E-state index is 0.0812. The molecule has 0 fully saturated rings. The van der Waals surface area contributed by atoms with Crippen molar-refractivity contribution in [1.82, 2.24) is 19.3 Å². The second-order valence-electron chi connectivity index (χ2n) is 5.83. The van der Waals surface area contributed by atoms with Crippen LogP contribution in [0.4, 0.5) is 0 Å². The molecule has 0 bridgehead atoms. The molecule has 0 aliphatic rings. The van der Waals surface area contributed by atoms with Crippen molar-refractivity contribution in [2.45, 2.75) is 19.1 Å². The van der Waals surface area contributed by atoms with Gasteiger partial charge in [-0.15, -0.1) is 0 Å². The summed E-state index contributed by atoms with van der Waals surface area (Å²) in [5, 5.41) is 14.6. The van der Waals surface area contributed by atoms with E-state index < -0.39 is 17.4 Å². The normalized spacial score (nSPS) is 12.1. The van der Waals surface area contributed by atoms with E-state index in [4.69, 9.17) is 20.9 Å². The SMILES string of the molecule is COc1cc(=O)n(Cc2nc(C[C@H](O)c3ccc(Cl)cc3)no2)c(=O)n1C. The monoisotopic (exact) mass is 392 g/mol. The van der Waals surface area contributed by atoms with Gasteiger partial charge in [0.1, 0.15) is 6.54 Å². The van der Waals surface area contributed by atoms with E-state index in [1.165, 1.54) is 24.8 Å². The predicted octanol–water partition coefficient (Wildman–Crippen LogP) is 0.916. The van der Waals surface area contributed by atoms with Crippen molar-refractivity contribution in [2.75, 3.05) is 7.11 Å². The van der Waals surface area contributed by atoms with E-state index in [1.54, 1.807) is 24.3 Å². The van der Waals surface area contributed by atoms with Crippen LogP contribution in [0.15, 0.2) is 44.4 Å². The van der Waals surface area contributed by atoms with Gasteiger partial charge in [0.25, 0.3) is 5.56 Å². The fraction of sp³-hybridized carbons (Fsp3) is 0.294. The largest absolute Gasteiger partial charge is 0.482 e. The van der Waals surface area contributed by atoms with Crippen LogP contribution in [0.1, 0.15) is 23.4 Å². The molecule has 1 aromatic carbocycles. The lowest BCUT2D eigenvalue weighted by Gasteiger charge is -2.09. The first kappa shape index (κ1) is 18.9. The molecule has 142 valence electrons. The molecule has 0 spiro atoms. The standard InChI is InChI=1S/C17H17ClN4O5/c1-21-16(26-2)8-15(24)22(17(21)25)9-14-19-13(20-27-14)7-12(23)10-3-5-11(18)6-4-10/h3-6,8,12,23H,7,9H2,1-2H3/t12-/m0/s1. The van der Waals surface area contributed by atoms with Crippen LogP contribution in [0.2, 0.25) is 5.02 Å².